The quantitative estimate of drug-likeness (QED) is 0.597. The summed E-state index contributed by atoms with van der Waals surface area (Å²) in [6, 6.07) is 13.1. The summed E-state index contributed by atoms with van der Waals surface area (Å²) in [5.41, 5.74) is 0. The highest BCUT2D eigenvalue weighted by Crippen LogP contribution is 2.25. The Labute approximate surface area is 150 Å². The van der Waals surface area contributed by atoms with Gasteiger partial charge in [0.05, 0.1) is 22.5 Å². The third-order valence-electron chi connectivity index (χ3n) is 3.66. The Hall–Kier alpha value is -2.01. The monoisotopic (exact) mass is 362 g/mol. The molecule has 0 aromatic heterocycles. The van der Waals surface area contributed by atoms with Gasteiger partial charge < -0.3 is 9.47 Å². The van der Waals surface area contributed by atoms with Gasteiger partial charge in [-0.15, -0.1) is 0 Å². The molecule has 0 atom stereocenters. The van der Waals surface area contributed by atoms with Crippen LogP contribution in [0.5, 0.6) is 11.5 Å². The first kappa shape index (κ1) is 19.3. The van der Waals surface area contributed by atoms with Crippen LogP contribution in [0, 0.1) is 0 Å². The van der Waals surface area contributed by atoms with Gasteiger partial charge in [-0.25, -0.2) is 8.42 Å². The van der Waals surface area contributed by atoms with Crippen molar-refractivity contribution >= 4 is 9.84 Å². The minimum atomic E-state index is -3.54. The Morgan fingerprint density at radius 3 is 1.84 bits per heavy atom. The molecule has 0 aliphatic rings. The molecule has 0 radical (unpaired) electrons. The molecule has 25 heavy (non-hydrogen) atoms. The van der Waals surface area contributed by atoms with Gasteiger partial charge >= 0.3 is 0 Å². The lowest BCUT2D eigenvalue weighted by atomic mass is 10.3. The number of hydrogen-bond donors (Lipinski definition) is 0. The van der Waals surface area contributed by atoms with E-state index in [1.54, 1.807) is 48.5 Å². The van der Waals surface area contributed by atoms with Crippen LogP contribution in [-0.4, -0.2) is 21.1 Å². The lowest BCUT2D eigenvalue weighted by Gasteiger charge is -2.11. The van der Waals surface area contributed by atoms with E-state index in [1.165, 1.54) is 0 Å². The van der Waals surface area contributed by atoms with Crippen LogP contribution in [0.3, 0.4) is 0 Å². The van der Waals surface area contributed by atoms with E-state index in [0.29, 0.717) is 18.1 Å². The minimum Gasteiger partial charge on any atom is -0.494 e. The van der Waals surface area contributed by atoms with E-state index >= 15 is 0 Å². The number of ether oxygens (including phenoxy) is 2. The molecule has 0 unspecified atom stereocenters. The van der Waals surface area contributed by atoms with E-state index in [-0.39, 0.29) is 15.9 Å². The first-order valence-electron chi connectivity index (χ1n) is 8.68. The molecule has 4 nitrogen and oxygen atoms in total. The molecule has 0 spiro atoms. The second-order valence-electron chi connectivity index (χ2n) is 6.17. The fraction of sp³-hybridized carbons (Fsp3) is 0.400. The van der Waals surface area contributed by atoms with Crippen LogP contribution in [0.1, 0.15) is 40.0 Å². The van der Waals surface area contributed by atoms with Crippen molar-refractivity contribution in [3.8, 4) is 11.5 Å². The van der Waals surface area contributed by atoms with Gasteiger partial charge in [-0.05, 0) is 68.8 Å². The molecule has 0 aliphatic carbocycles. The summed E-state index contributed by atoms with van der Waals surface area (Å²) < 4.78 is 36.6. The largest absolute Gasteiger partial charge is 0.494 e. The predicted molar refractivity (Wildman–Crippen MR) is 99.1 cm³/mol. The van der Waals surface area contributed by atoms with E-state index in [4.69, 9.17) is 9.47 Å². The van der Waals surface area contributed by atoms with Gasteiger partial charge in [0.1, 0.15) is 11.5 Å². The fourth-order valence-corrected chi connectivity index (χ4v) is 3.62. The maximum atomic E-state index is 12.7. The average Bonchev–Trinajstić information content (AvgIpc) is 2.59. The zero-order valence-electron chi connectivity index (χ0n) is 15.1. The van der Waals surface area contributed by atoms with Gasteiger partial charge in [-0.1, -0.05) is 19.8 Å². The third kappa shape index (κ3) is 5.49. The molecule has 2 aromatic rings. The van der Waals surface area contributed by atoms with Gasteiger partial charge in [0.15, 0.2) is 0 Å². The van der Waals surface area contributed by atoms with E-state index in [0.717, 1.165) is 19.3 Å². The van der Waals surface area contributed by atoms with Crippen molar-refractivity contribution < 1.29 is 17.9 Å². The molecule has 0 amide bonds. The van der Waals surface area contributed by atoms with Crippen molar-refractivity contribution in [1.29, 1.82) is 0 Å². The fourth-order valence-electron chi connectivity index (χ4n) is 2.36. The molecule has 2 aromatic carbocycles. The number of benzene rings is 2. The first-order valence-corrected chi connectivity index (χ1v) is 10.2. The van der Waals surface area contributed by atoms with Crippen molar-refractivity contribution in [1.82, 2.24) is 0 Å². The Morgan fingerprint density at radius 2 is 1.36 bits per heavy atom. The molecule has 0 N–H and O–H groups in total. The topological polar surface area (TPSA) is 52.6 Å². The minimum absolute atomic E-state index is 0.0485. The number of rotatable bonds is 9. The second kappa shape index (κ2) is 8.90. The van der Waals surface area contributed by atoms with E-state index in [1.807, 2.05) is 13.8 Å². The Bertz CT molecular complexity index is 747. The molecular formula is C20H26O4S. The van der Waals surface area contributed by atoms with Crippen LogP contribution in [-0.2, 0) is 9.84 Å². The first-order chi connectivity index (χ1) is 11.9. The lowest BCUT2D eigenvalue weighted by Crippen LogP contribution is -2.06. The van der Waals surface area contributed by atoms with Crippen LogP contribution in [0.25, 0.3) is 0 Å². The molecule has 0 saturated heterocycles. The molecular weight excluding hydrogens is 336 g/mol. The molecule has 0 aliphatic heterocycles. The Balaban J connectivity index is 2.08. The predicted octanol–water partition coefficient (Wildman–Crippen LogP) is 4.88. The normalized spacial score (nSPS) is 11.5. The zero-order chi connectivity index (χ0) is 18.3. The van der Waals surface area contributed by atoms with Gasteiger partial charge in [0.2, 0.25) is 9.84 Å². The van der Waals surface area contributed by atoms with Crippen LogP contribution < -0.4 is 9.47 Å². The summed E-state index contributed by atoms with van der Waals surface area (Å²) in [5, 5.41) is 0. The van der Waals surface area contributed by atoms with Crippen LogP contribution in [0.4, 0.5) is 0 Å². The number of hydrogen-bond acceptors (Lipinski definition) is 4. The van der Waals surface area contributed by atoms with E-state index in [2.05, 4.69) is 6.92 Å². The maximum absolute atomic E-state index is 12.7. The average molecular weight is 362 g/mol. The van der Waals surface area contributed by atoms with Crippen molar-refractivity contribution in [3.63, 3.8) is 0 Å². The number of unbranched alkanes of at least 4 members (excludes halogenated alkanes) is 2. The standard InChI is InChI=1S/C20H26O4S/c1-4-5-6-15-23-17-7-11-19(12-8-17)25(21,22)20-13-9-18(10-14-20)24-16(2)3/h7-14,16H,4-6,15H2,1-3H3. The van der Waals surface area contributed by atoms with Gasteiger partial charge in [0, 0.05) is 0 Å². The SMILES string of the molecule is CCCCCOc1ccc(S(=O)(=O)c2ccc(OC(C)C)cc2)cc1. The Kier molecular flexibility index (Phi) is 6.88. The van der Waals surface area contributed by atoms with E-state index in [9.17, 15) is 8.42 Å². The summed E-state index contributed by atoms with van der Waals surface area (Å²) in [7, 11) is -3.54. The smallest absolute Gasteiger partial charge is 0.206 e. The highest BCUT2D eigenvalue weighted by Gasteiger charge is 2.17. The third-order valence-corrected chi connectivity index (χ3v) is 5.44. The molecule has 0 saturated carbocycles. The van der Waals surface area contributed by atoms with Crippen molar-refractivity contribution in [2.45, 2.75) is 55.9 Å². The van der Waals surface area contributed by atoms with Crippen LogP contribution in [0.2, 0.25) is 0 Å². The summed E-state index contributed by atoms with van der Waals surface area (Å²) in [5.74, 6) is 1.35. The van der Waals surface area contributed by atoms with Crippen LogP contribution >= 0.6 is 0 Å². The van der Waals surface area contributed by atoms with Crippen molar-refractivity contribution in [2.75, 3.05) is 6.61 Å². The molecule has 136 valence electrons. The lowest BCUT2D eigenvalue weighted by molar-refractivity contribution is 0.242. The maximum Gasteiger partial charge on any atom is 0.206 e. The van der Waals surface area contributed by atoms with Gasteiger partial charge in [-0.3, -0.25) is 0 Å². The molecule has 5 heteroatoms. The molecule has 0 bridgehead atoms. The molecule has 2 rings (SSSR count). The highest BCUT2D eigenvalue weighted by atomic mass is 32.2. The highest BCUT2D eigenvalue weighted by molar-refractivity contribution is 7.91. The molecule has 0 heterocycles. The summed E-state index contributed by atoms with van der Waals surface area (Å²) >= 11 is 0. The van der Waals surface area contributed by atoms with Gasteiger partial charge in [0.25, 0.3) is 0 Å². The Morgan fingerprint density at radius 1 is 0.840 bits per heavy atom. The van der Waals surface area contributed by atoms with Crippen molar-refractivity contribution in [2.24, 2.45) is 0 Å². The van der Waals surface area contributed by atoms with Gasteiger partial charge in [-0.2, -0.15) is 0 Å². The summed E-state index contributed by atoms with van der Waals surface area (Å²) in [4.78, 5) is 0.506. The summed E-state index contributed by atoms with van der Waals surface area (Å²) in [6.45, 7) is 6.64. The molecule has 0 fully saturated rings. The zero-order valence-corrected chi connectivity index (χ0v) is 15.9. The number of sulfone groups is 1. The second-order valence-corrected chi connectivity index (χ2v) is 8.12. The van der Waals surface area contributed by atoms with Crippen molar-refractivity contribution in [3.05, 3.63) is 48.5 Å². The van der Waals surface area contributed by atoms with E-state index < -0.39 is 9.84 Å². The van der Waals surface area contributed by atoms with Crippen LogP contribution in [0.15, 0.2) is 58.3 Å². The summed E-state index contributed by atoms with van der Waals surface area (Å²) in [6.07, 6.45) is 3.32.